The van der Waals surface area contributed by atoms with Crippen LogP contribution in [0.3, 0.4) is 0 Å². The fraction of sp³-hybridized carbons (Fsp3) is 0.385. The summed E-state index contributed by atoms with van der Waals surface area (Å²) in [4.78, 5) is 27.7. The number of benzene rings is 2. The number of amides is 1. The van der Waals surface area contributed by atoms with Crippen molar-refractivity contribution in [2.24, 2.45) is 0 Å². The first-order chi connectivity index (χ1) is 17.0. The molecule has 35 heavy (non-hydrogen) atoms. The number of carbonyl (C=O) groups is 2. The van der Waals surface area contributed by atoms with Crippen LogP contribution in [0.4, 0.5) is 0 Å². The molecule has 0 saturated carbocycles. The fourth-order valence-electron chi connectivity index (χ4n) is 4.31. The van der Waals surface area contributed by atoms with Crippen molar-refractivity contribution in [2.75, 3.05) is 47.2 Å². The average molecular weight is 484 g/mol. The van der Waals surface area contributed by atoms with Crippen molar-refractivity contribution in [2.45, 2.75) is 19.4 Å². The van der Waals surface area contributed by atoms with Gasteiger partial charge in [0.25, 0.3) is 11.7 Å². The van der Waals surface area contributed by atoms with E-state index in [1.54, 1.807) is 43.5 Å². The maximum atomic E-state index is 13.2. The Bertz CT molecular complexity index is 1140. The molecule has 4 rings (SSSR count). The van der Waals surface area contributed by atoms with Gasteiger partial charge in [-0.15, -0.1) is 0 Å². The second-order valence-corrected chi connectivity index (χ2v) is 8.04. The van der Waals surface area contributed by atoms with Gasteiger partial charge in [0.15, 0.2) is 23.0 Å². The Kier molecular flexibility index (Phi) is 7.45. The third kappa shape index (κ3) is 4.77. The van der Waals surface area contributed by atoms with E-state index < -0.39 is 17.7 Å². The maximum absolute atomic E-state index is 13.2. The third-order valence-corrected chi connectivity index (χ3v) is 5.91. The molecule has 1 amide bonds. The zero-order valence-electron chi connectivity index (χ0n) is 20.0. The van der Waals surface area contributed by atoms with Crippen molar-refractivity contribution in [3.05, 3.63) is 53.1 Å². The van der Waals surface area contributed by atoms with Crippen LogP contribution in [0.1, 0.15) is 30.5 Å². The molecular formula is C26H29NO8. The van der Waals surface area contributed by atoms with E-state index in [4.69, 9.17) is 23.7 Å². The average Bonchev–Trinajstić information content (AvgIpc) is 3.13. The number of Topliss-reactive ketones (excluding diaryl/α,β-unsaturated/α-hetero) is 1. The van der Waals surface area contributed by atoms with Gasteiger partial charge in [-0.3, -0.25) is 9.59 Å². The lowest BCUT2D eigenvalue weighted by Crippen LogP contribution is -2.31. The van der Waals surface area contributed by atoms with E-state index in [9.17, 15) is 14.7 Å². The molecule has 2 heterocycles. The highest BCUT2D eigenvalue weighted by molar-refractivity contribution is 6.46. The molecule has 0 aromatic heterocycles. The number of methoxy groups -OCH3 is 2. The molecule has 1 saturated heterocycles. The summed E-state index contributed by atoms with van der Waals surface area (Å²) in [7, 11) is 3.09. The van der Waals surface area contributed by atoms with Crippen LogP contribution in [-0.2, 0) is 14.3 Å². The monoisotopic (exact) mass is 483 g/mol. The summed E-state index contributed by atoms with van der Waals surface area (Å²) >= 11 is 0. The Hall–Kier alpha value is -3.72. The van der Waals surface area contributed by atoms with Crippen LogP contribution >= 0.6 is 0 Å². The standard InChI is InChI=1S/C26H29NO8/c1-4-33-18-8-6-16(14-20(18)32-3)23-22(25(29)26(30)27(23)10-5-11-31-2)24(28)17-7-9-19-21(15-17)35-13-12-34-19/h6-9,14-15,23,28H,4-5,10-13H2,1-3H3/t23-/m0/s1. The van der Waals surface area contributed by atoms with Crippen LogP contribution in [0.25, 0.3) is 5.76 Å². The van der Waals surface area contributed by atoms with Crippen molar-refractivity contribution >= 4 is 17.4 Å². The Labute approximate surface area is 203 Å². The highest BCUT2D eigenvalue weighted by Crippen LogP contribution is 2.43. The Morgan fingerprint density at radius 3 is 2.54 bits per heavy atom. The van der Waals surface area contributed by atoms with Gasteiger partial charge in [0, 0.05) is 25.8 Å². The fourth-order valence-corrected chi connectivity index (χ4v) is 4.31. The molecule has 2 aliphatic heterocycles. The number of ether oxygens (including phenoxy) is 5. The van der Waals surface area contributed by atoms with Crippen molar-refractivity contribution in [1.82, 2.24) is 4.90 Å². The summed E-state index contributed by atoms with van der Waals surface area (Å²) in [6, 6.07) is 9.33. The van der Waals surface area contributed by atoms with Gasteiger partial charge in [-0.1, -0.05) is 6.07 Å². The van der Waals surface area contributed by atoms with E-state index in [2.05, 4.69) is 0 Å². The van der Waals surface area contributed by atoms with Gasteiger partial charge < -0.3 is 33.7 Å². The molecule has 2 aromatic carbocycles. The van der Waals surface area contributed by atoms with Crippen LogP contribution in [0, 0.1) is 0 Å². The minimum absolute atomic E-state index is 0.00434. The van der Waals surface area contributed by atoms with Crippen LogP contribution in [0.2, 0.25) is 0 Å². The molecule has 9 heteroatoms. The van der Waals surface area contributed by atoms with Gasteiger partial charge >= 0.3 is 0 Å². The summed E-state index contributed by atoms with van der Waals surface area (Å²) in [5, 5.41) is 11.3. The molecule has 1 atom stereocenters. The van der Waals surface area contributed by atoms with E-state index in [0.717, 1.165) is 0 Å². The summed E-state index contributed by atoms with van der Waals surface area (Å²) in [6.45, 7) is 3.83. The number of rotatable bonds is 9. The smallest absolute Gasteiger partial charge is 0.295 e. The molecule has 1 fully saturated rings. The van der Waals surface area contributed by atoms with Crippen LogP contribution in [-0.4, -0.2) is 68.9 Å². The minimum Gasteiger partial charge on any atom is -0.507 e. The Morgan fingerprint density at radius 1 is 1.06 bits per heavy atom. The SMILES string of the molecule is CCOc1ccc([C@H]2C(=C(O)c3ccc4c(c3)OCCO4)C(=O)C(=O)N2CCCOC)cc1OC. The van der Waals surface area contributed by atoms with Crippen LogP contribution < -0.4 is 18.9 Å². The number of hydrogen-bond acceptors (Lipinski definition) is 8. The molecule has 0 bridgehead atoms. The van der Waals surface area contributed by atoms with Crippen LogP contribution in [0.5, 0.6) is 23.0 Å². The zero-order chi connectivity index (χ0) is 24.9. The first-order valence-corrected chi connectivity index (χ1v) is 11.5. The Balaban J connectivity index is 1.82. The van der Waals surface area contributed by atoms with Gasteiger partial charge in [-0.05, 0) is 49.2 Å². The van der Waals surface area contributed by atoms with Gasteiger partial charge in [0.05, 0.1) is 25.3 Å². The lowest BCUT2D eigenvalue weighted by atomic mass is 9.94. The first kappa shape index (κ1) is 24.4. The molecule has 0 spiro atoms. The molecule has 9 nitrogen and oxygen atoms in total. The number of nitrogens with zero attached hydrogens (tertiary/aromatic N) is 1. The third-order valence-electron chi connectivity index (χ3n) is 5.91. The molecule has 2 aliphatic rings. The van der Waals surface area contributed by atoms with Crippen molar-refractivity contribution in [1.29, 1.82) is 0 Å². The number of hydrogen-bond donors (Lipinski definition) is 1. The molecule has 0 unspecified atom stereocenters. The molecule has 0 radical (unpaired) electrons. The first-order valence-electron chi connectivity index (χ1n) is 11.5. The molecule has 1 N–H and O–H groups in total. The molecular weight excluding hydrogens is 454 g/mol. The summed E-state index contributed by atoms with van der Waals surface area (Å²) in [6.07, 6.45) is 0.526. The summed E-state index contributed by atoms with van der Waals surface area (Å²) < 4.78 is 27.4. The largest absolute Gasteiger partial charge is 0.507 e. The number of aliphatic hydroxyl groups excluding tert-OH is 1. The highest BCUT2D eigenvalue weighted by atomic mass is 16.6. The van der Waals surface area contributed by atoms with Gasteiger partial charge in [-0.2, -0.15) is 0 Å². The second-order valence-electron chi connectivity index (χ2n) is 8.04. The predicted octanol–water partition coefficient (Wildman–Crippen LogP) is 3.32. The van der Waals surface area contributed by atoms with Crippen molar-refractivity contribution < 1.29 is 38.4 Å². The lowest BCUT2D eigenvalue weighted by Gasteiger charge is -2.26. The summed E-state index contributed by atoms with van der Waals surface area (Å²) in [5.41, 5.74) is 0.961. The normalized spacial score (nSPS) is 18.6. The number of carbonyl (C=O) groups excluding carboxylic acids is 2. The van der Waals surface area contributed by atoms with Crippen molar-refractivity contribution in [3.8, 4) is 23.0 Å². The number of likely N-dealkylation sites (tertiary alicyclic amines) is 1. The minimum atomic E-state index is -0.815. The van der Waals surface area contributed by atoms with Gasteiger partial charge in [0.1, 0.15) is 19.0 Å². The topological polar surface area (TPSA) is 104 Å². The quantitative estimate of drug-likeness (QED) is 0.251. The summed E-state index contributed by atoms with van der Waals surface area (Å²) in [5.74, 6) is 0.306. The lowest BCUT2D eigenvalue weighted by molar-refractivity contribution is -0.140. The Morgan fingerprint density at radius 2 is 1.83 bits per heavy atom. The molecule has 186 valence electrons. The maximum Gasteiger partial charge on any atom is 0.295 e. The number of aliphatic hydroxyl groups is 1. The molecule has 2 aromatic rings. The van der Waals surface area contributed by atoms with Crippen molar-refractivity contribution in [3.63, 3.8) is 0 Å². The van der Waals surface area contributed by atoms with Gasteiger partial charge in [0.2, 0.25) is 0 Å². The van der Waals surface area contributed by atoms with Gasteiger partial charge in [-0.25, -0.2) is 0 Å². The van der Waals surface area contributed by atoms with E-state index in [0.29, 0.717) is 67.0 Å². The predicted molar refractivity (Wildman–Crippen MR) is 127 cm³/mol. The van der Waals surface area contributed by atoms with E-state index >= 15 is 0 Å². The van der Waals surface area contributed by atoms with E-state index in [1.165, 1.54) is 12.0 Å². The number of ketones is 1. The van der Waals surface area contributed by atoms with E-state index in [-0.39, 0.29) is 17.9 Å². The number of fused-ring (bicyclic) bond motifs is 1. The second kappa shape index (κ2) is 10.7. The molecule has 0 aliphatic carbocycles. The van der Waals surface area contributed by atoms with Crippen LogP contribution in [0.15, 0.2) is 42.0 Å². The highest BCUT2D eigenvalue weighted by Gasteiger charge is 2.46. The zero-order valence-corrected chi connectivity index (χ0v) is 20.0. The van der Waals surface area contributed by atoms with E-state index in [1.807, 2.05) is 6.92 Å².